The van der Waals surface area contributed by atoms with E-state index in [-0.39, 0.29) is 0 Å². The van der Waals surface area contributed by atoms with E-state index in [9.17, 15) is 4.79 Å². The van der Waals surface area contributed by atoms with Gasteiger partial charge in [0.05, 0.1) is 0 Å². The van der Waals surface area contributed by atoms with Gasteiger partial charge in [0.15, 0.2) is 0 Å². The van der Waals surface area contributed by atoms with Crippen LogP contribution in [0.3, 0.4) is 0 Å². The van der Waals surface area contributed by atoms with Crippen molar-refractivity contribution < 1.29 is 4.79 Å². The van der Waals surface area contributed by atoms with Crippen molar-refractivity contribution in [3.05, 3.63) is 0 Å². The molecular formula is C11H19NO. The highest BCUT2D eigenvalue weighted by Gasteiger charge is 2.32. The molecule has 0 heterocycles. The van der Waals surface area contributed by atoms with Gasteiger partial charge in [-0.25, -0.2) is 0 Å². The Bertz CT molecular complexity index is 198. The van der Waals surface area contributed by atoms with E-state index in [1.54, 1.807) is 0 Å². The molecule has 2 aliphatic rings. The molecule has 0 spiro atoms. The van der Waals surface area contributed by atoms with Crippen molar-refractivity contribution in [2.24, 2.45) is 11.8 Å². The molecule has 2 nitrogen and oxygen atoms in total. The summed E-state index contributed by atoms with van der Waals surface area (Å²) in [5, 5.41) is 3.17. The first kappa shape index (κ1) is 9.04. The van der Waals surface area contributed by atoms with Crippen molar-refractivity contribution >= 4 is 5.91 Å². The lowest BCUT2D eigenvalue weighted by Crippen LogP contribution is -2.33. The predicted molar refractivity (Wildman–Crippen MR) is 52.3 cm³/mol. The van der Waals surface area contributed by atoms with Crippen molar-refractivity contribution in [2.45, 2.75) is 51.5 Å². The summed E-state index contributed by atoms with van der Waals surface area (Å²) in [5.74, 6) is 1.56. The van der Waals surface area contributed by atoms with E-state index in [1.807, 2.05) is 0 Å². The second-order valence-electron chi connectivity index (χ2n) is 4.57. The molecule has 0 aromatic rings. The zero-order valence-electron chi connectivity index (χ0n) is 8.38. The van der Waals surface area contributed by atoms with Gasteiger partial charge >= 0.3 is 0 Å². The monoisotopic (exact) mass is 181 g/mol. The van der Waals surface area contributed by atoms with Crippen LogP contribution in [0.15, 0.2) is 0 Å². The van der Waals surface area contributed by atoms with Crippen molar-refractivity contribution in [1.29, 1.82) is 0 Å². The summed E-state index contributed by atoms with van der Waals surface area (Å²) in [7, 11) is 0. The Morgan fingerprint density at radius 3 is 2.62 bits per heavy atom. The fraction of sp³-hybridized carbons (Fsp3) is 0.909. The van der Waals surface area contributed by atoms with Crippen molar-refractivity contribution in [1.82, 2.24) is 5.32 Å². The largest absolute Gasteiger partial charge is 0.353 e. The SMILES string of the molecule is CCC1CCC(NC(=O)C2CC2)C1. The van der Waals surface area contributed by atoms with Gasteiger partial charge in [0.2, 0.25) is 5.91 Å². The Kier molecular flexibility index (Phi) is 2.56. The van der Waals surface area contributed by atoms with E-state index < -0.39 is 0 Å². The van der Waals surface area contributed by atoms with Crippen LogP contribution in [0, 0.1) is 11.8 Å². The molecule has 2 aliphatic carbocycles. The topological polar surface area (TPSA) is 29.1 Å². The summed E-state index contributed by atoms with van der Waals surface area (Å²) < 4.78 is 0. The zero-order valence-corrected chi connectivity index (χ0v) is 8.38. The van der Waals surface area contributed by atoms with Gasteiger partial charge in [-0.05, 0) is 38.0 Å². The molecule has 0 aliphatic heterocycles. The summed E-state index contributed by atoms with van der Waals surface area (Å²) in [6.45, 7) is 2.25. The molecule has 2 heteroatoms. The molecule has 13 heavy (non-hydrogen) atoms. The normalized spacial score (nSPS) is 33.3. The number of carbonyl (C=O) groups excluding carboxylic acids is 1. The van der Waals surface area contributed by atoms with Crippen molar-refractivity contribution in [3.8, 4) is 0 Å². The standard InChI is InChI=1S/C11H19NO/c1-2-8-3-6-10(7-8)12-11(13)9-4-5-9/h8-10H,2-7H2,1H3,(H,12,13). The molecule has 2 rings (SSSR count). The van der Waals surface area contributed by atoms with Crippen LogP contribution in [0.1, 0.15) is 45.4 Å². The first-order valence-corrected chi connectivity index (χ1v) is 5.60. The number of rotatable bonds is 3. The van der Waals surface area contributed by atoms with Crippen molar-refractivity contribution in [3.63, 3.8) is 0 Å². The fourth-order valence-electron chi connectivity index (χ4n) is 2.24. The van der Waals surface area contributed by atoms with Crippen LogP contribution < -0.4 is 5.32 Å². The summed E-state index contributed by atoms with van der Waals surface area (Å²) in [6, 6.07) is 0.498. The second kappa shape index (κ2) is 3.69. The number of carbonyl (C=O) groups is 1. The summed E-state index contributed by atoms with van der Waals surface area (Å²) in [6.07, 6.45) is 7.25. The van der Waals surface area contributed by atoms with Gasteiger partial charge in [-0.1, -0.05) is 13.3 Å². The molecule has 0 bridgehead atoms. The lowest BCUT2D eigenvalue weighted by atomic mass is 10.1. The van der Waals surface area contributed by atoms with E-state index >= 15 is 0 Å². The van der Waals surface area contributed by atoms with E-state index in [1.165, 1.54) is 25.7 Å². The Morgan fingerprint density at radius 2 is 2.08 bits per heavy atom. The Hall–Kier alpha value is -0.530. The molecule has 2 atom stereocenters. The molecule has 0 aromatic heterocycles. The third kappa shape index (κ3) is 2.23. The van der Waals surface area contributed by atoms with Gasteiger partial charge in [0, 0.05) is 12.0 Å². The number of hydrogen-bond acceptors (Lipinski definition) is 1. The van der Waals surface area contributed by atoms with Gasteiger partial charge in [0.25, 0.3) is 0 Å². The molecule has 0 saturated heterocycles. The van der Waals surface area contributed by atoms with Crippen LogP contribution in [0.5, 0.6) is 0 Å². The number of nitrogens with one attached hydrogen (secondary N) is 1. The minimum Gasteiger partial charge on any atom is -0.353 e. The maximum atomic E-state index is 11.4. The molecular weight excluding hydrogens is 162 g/mol. The fourth-order valence-corrected chi connectivity index (χ4v) is 2.24. The van der Waals surface area contributed by atoms with Gasteiger partial charge in [-0.3, -0.25) is 4.79 Å². The van der Waals surface area contributed by atoms with Crippen LogP contribution in [0.25, 0.3) is 0 Å². The first-order chi connectivity index (χ1) is 6.29. The van der Waals surface area contributed by atoms with Crippen LogP contribution >= 0.6 is 0 Å². The maximum Gasteiger partial charge on any atom is 0.223 e. The minimum absolute atomic E-state index is 0.321. The second-order valence-corrected chi connectivity index (χ2v) is 4.57. The molecule has 2 fully saturated rings. The summed E-state index contributed by atoms with van der Waals surface area (Å²) in [5.41, 5.74) is 0. The van der Waals surface area contributed by atoms with Crippen LogP contribution in [-0.2, 0) is 4.79 Å². The van der Waals surface area contributed by atoms with Crippen LogP contribution in [0.4, 0.5) is 0 Å². The third-order valence-electron chi connectivity index (χ3n) is 3.41. The average molecular weight is 181 g/mol. The highest BCUT2D eigenvalue weighted by Crippen LogP contribution is 2.31. The third-order valence-corrected chi connectivity index (χ3v) is 3.41. The minimum atomic E-state index is 0.321. The average Bonchev–Trinajstić information content (AvgIpc) is 2.88. The lowest BCUT2D eigenvalue weighted by Gasteiger charge is -2.12. The molecule has 1 N–H and O–H groups in total. The first-order valence-electron chi connectivity index (χ1n) is 5.60. The zero-order chi connectivity index (χ0) is 9.26. The number of amides is 1. The molecule has 2 unspecified atom stereocenters. The lowest BCUT2D eigenvalue weighted by molar-refractivity contribution is -0.122. The van der Waals surface area contributed by atoms with Crippen LogP contribution in [-0.4, -0.2) is 11.9 Å². The predicted octanol–water partition coefficient (Wildman–Crippen LogP) is 2.09. The Morgan fingerprint density at radius 1 is 1.31 bits per heavy atom. The Labute approximate surface area is 80.1 Å². The molecule has 74 valence electrons. The van der Waals surface area contributed by atoms with E-state index in [2.05, 4.69) is 12.2 Å². The van der Waals surface area contributed by atoms with E-state index in [4.69, 9.17) is 0 Å². The molecule has 0 aromatic carbocycles. The van der Waals surface area contributed by atoms with E-state index in [0.29, 0.717) is 17.9 Å². The molecule has 2 saturated carbocycles. The highest BCUT2D eigenvalue weighted by molar-refractivity contribution is 5.81. The highest BCUT2D eigenvalue weighted by atomic mass is 16.2. The van der Waals surface area contributed by atoms with E-state index in [0.717, 1.165) is 18.8 Å². The summed E-state index contributed by atoms with van der Waals surface area (Å²) >= 11 is 0. The smallest absolute Gasteiger partial charge is 0.223 e. The number of hydrogen-bond donors (Lipinski definition) is 1. The van der Waals surface area contributed by atoms with Gasteiger partial charge < -0.3 is 5.32 Å². The Balaban J connectivity index is 1.73. The van der Waals surface area contributed by atoms with Crippen molar-refractivity contribution in [2.75, 3.05) is 0 Å². The molecule has 0 radical (unpaired) electrons. The van der Waals surface area contributed by atoms with Gasteiger partial charge in [-0.2, -0.15) is 0 Å². The quantitative estimate of drug-likeness (QED) is 0.709. The summed E-state index contributed by atoms with van der Waals surface area (Å²) in [4.78, 5) is 11.4. The molecule has 1 amide bonds. The van der Waals surface area contributed by atoms with Gasteiger partial charge in [0.1, 0.15) is 0 Å². The van der Waals surface area contributed by atoms with Gasteiger partial charge in [-0.15, -0.1) is 0 Å². The maximum absolute atomic E-state index is 11.4. The van der Waals surface area contributed by atoms with Crippen LogP contribution in [0.2, 0.25) is 0 Å².